The van der Waals surface area contributed by atoms with Crippen LogP contribution in [0, 0.1) is 0 Å². The Morgan fingerprint density at radius 3 is 1.35 bits per heavy atom. The second kappa shape index (κ2) is 11.6. The number of allylic oxidation sites excluding steroid dienone is 2. The zero-order valence-electron chi connectivity index (χ0n) is 25.2. The maximum atomic E-state index is 8.58. The van der Waals surface area contributed by atoms with E-state index in [9.17, 15) is 0 Å². The molecular weight excluding hydrogens is 623 g/mol. The molecule has 0 aromatic heterocycles. The first-order valence-electron chi connectivity index (χ1n) is 16.5. The van der Waals surface area contributed by atoms with Crippen molar-refractivity contribution in [3.8, 4) is 0 Å². The topological polar surface area (TPSA) is 0 Å². The van der Waals surface area contributed by atoms with E-state index in [0.29, 0.717) is 11.8 Å². The fourth-order valence-corrected chi connectivity index (χ4v) is 41.1. The molecule has 0 radical (unpaired) electrons. The third-order valence-electron chi connectivity index (χ3n) is 11.5. The van der Waals surface area contributed by atoms with Gasteiger partial charge in [0.05, 0.1) is 0 Å². The van der Waals surface area contributed by atoms with E-state index >= 15 is 0 Å². The summed E-state index contributed by atoms with van der Waals surface area (Å²) >= 11 is -4.60. The third kappa shape index (κ3) is 4.69. The number of hydrogen-bond acceptors (Lipinski definition) is 0. The molecule has 6 rings (SSSR count). The fraction of sp³-hybridized carbons (Fsp3) is 0.556. The van der Waals surface area contributed by atoms with Gasteiger partial charge in [0.2, 0.25) is 0 Å². The van der Waals surface area contributed by atoms with Crippen LogP contribution in [0.2, 0.25) is 13.1 Å². The zero-order chi connectivity index (χ0) is 28.1. The summed E-state index contributed by atoms with van der Waals surface area (Å²) in [7, 11) is 17.2. The Hall–Kier alpha value is -0.400. The third-order valence-corrected chi connectivity index (χ3v) is 63.3. The van der Waals surface area contributed by atoms with Gasteiger partial charge in [-0.25, -0.2) is 0 Å². The molecule has 0 bridgehead atoms. The quantitative estimate of drug-likeness (QED) is 0.257. The van der Waals surface area contributed by atoms with Gasteiger partial charge in [-0.3, -0.25) is 0 Å². The van der Waals surface area contributed by atoms with Crippen molar-refractivity contribution in [2.24, 2.45) is 0 Å². The van der Waals surface area contributed by atoms with Crippen molar-refractivity contribution in [2.45, 2.75) is 123 Å². The molecule has 2 saturated carbocycles. The van der Waals surface area contributed by atoms with Gasteiger partial charge in [0, 0.05) is 0 Å². The fourth-order valence-electron chi connectivity index (χ4n) is 9.26. The van der Waals surface area contributed by atoms with Crippen molar-refractivity contribution < 1.29 is 15.6 Å². The molecule has 2 aromatic carbocycles. The Morgan fingerprint density at radius 2 is 1.00 bits per heavy atom. The molecule has 4 heteroatoms. The molecule has 2 atom stereocenters. The second-order valence-corrected chi connectivity index (χ2v) is 56.3. The minimum atomic E-state index is -4.60. The SMILES string of the molecule is CCC1=Cc2c(C3CCCCC3)cccc2[CH]1[Zr]([Cl])([Cl])([CH]1C(CC)=Cc2c(C3CCCCC3)cccc21)[SiH](C)C. The van der Waals surface area contributed by atoms with Crippen LogP contribution < -0.4 is 0 Å². The van der Waals surface area contributed by atoms with E-state index in [-0.39, 0.29) is 7.25 Å². The molecule has 0 nitrogen and oxygen atoms in total. The summed E-state index contributed by atoms with van der Waals surface area (Å²) < 4.78 is 0.480. The van der Waals surface area contributed by atoms with E-state index in [1.807, 2.05) is 0 Å². The molecule has 2 unspecified atom stereocenters. The van der Waals surface area contributed by atoms with Gasteiger partial charge in [0.25, 0.3) is 0 Å². The summed E-state index contributed by atoms with van der Waals surface area (Å²) in [4.78, 5) is 0. The van der Waals surface area contributed by atoms with Gasteiger partial charge in [-0.15, -0.1) is 0 Å². The van der Waals surface area contributed by atoms with E-state index in [2.05, 4.69) is 75.5 Å². The molecule has 4 aliphatic carbocycles. The molecule has 4 aliphatic rings. The summed E-state index contributed by atoms with van der Waals surface area (Å²) in [6.07, 6.45) is 20.8. The second-order valence-electron chi connectivity index (χ2n) is 13.8. The Kier molecular flexibility index (Phi) is 8.60. The van der Waals surface area contributed by atoms with E-state index in [1.165, 1.54) is 97.6 Å². The van der Waals surface area contributed by atoms with Crippen molar-refractivity contribution in [2.75, 3.05) is 0 Å². The van der Waals surface area contributed by atoms with Gasteiger partial charge in [0.1, 0.15) is 0 Å². The maximum absolute atomic E-state index is 8.58. The molecule has 2 aromatic rings. The van der Waals surface area contributed by atoms with Crippen molar-refractivity contribution >= 4 is 35.1 Å². The van der Waals surface area contributed by atoms with Gasteiger partial charge >= 0.3 is 255 Å². The Morgan fingerprint density at radius 1 is 0.625 bits per heavy atom. The monoisotopic (exact) mass is 669 g/mol. The first-order valence-corrected chi connectivity index (χ1v) is 32.8. The predicted molar refractivity (Wildman–Crippen MR) is 177 cm³/mol. The van der Waals surface area contributed by atoms with Crippen LogP contribution >= 0.6 is 17.0 Å². The molecule has 40 heavy (non-hydrogen) atoms. The molecule has 215 valence electrons. The van der Waals surface area contributed by atoms with Crippen LogP contribution in [0.1, 0.15) is 143 Å². The Balaban J connectivity index is 1.52. The van der Waals surface area contributed by atoms with Crippen LogP contribution in [0.3, 0.4) is 0 Å². The Labute approximate surface area is 252 Å². The van der Waals surface area contributed by atoms with Crippen LogP contribution in [0.4, 0.5) is 0 Å². The van der Waals surface area contributed by atoms with Crippen molar-refractivity contribution in [3.05, 3.63) is 80.9 Å². The summed E-state index contributed by atoms with van der Waals surface area (Å²) in [5.41, 5.74) is 12.2. The molecule has 0 heterocycles. The van der Waals surface area contributed by atoms with E-state index in [1.54, 1.807) is 11.1 Å². The summed E-state index contributed by atoms with van der Waals surface area (Å²) in [6.45, 7) is 9.68. The number of hydrogen-bond donors (Lipinski definition) is 0. The van der Waals surface area contributed by atoms with Crippen LogP contribution in [-0.4, -0.2) is 5.92 Å². The number of fused-ring (bicyclic) bond motifs is 2. The van der Waals surface area contributed by atoms with Crippen LogP contribution in [-0.2, 0) is 15.6 Å². The first-order chi connectivity index (χ1) is 19.3. The average molecular weight is 672 g/mol. The van der Waals surface area contributed by atoms with Gasteiger partial charge < -0.3 is 0 Å². The first kappa shape index (κ1) is 29.7. The standard InChI is InChI=1S/2C17H21.C2H7Si.2ClH.Zr/c2*1-2-13-11-15-9-6-10-16(17(15)12-13)14-7-4-3-5-8-14;1-3-2;;;/h2*6,9-12,14H,2-5,7-8H2,1H3;3H,1-2H3;2*1H;/q;;;;;+2/p-2. The van der Waals surface area contributed by atoms with Crippen LogP contribution in [0.5, 0.6) is 0 Å². The van der Waals surface area contributed by atoms with Crippen LogP contribution in [0.15, 0.2) is 47.5 Å². The van der Waals surface area contributed by atoms with E-state index in [0.717, 1.165) is 12.8 Å². The summed E-state index contributed by atoms with van der Waals surface area (Å²) in [5.74, 6) is -0.104. The van der Waals surface area contributed by atoms with Gasteiger partial charge in [-0.1, -0.05) is 0 Å². The van der Waals surface area contributed by atoms with Crippen molar-refractivity contribution in [1.82, 2.24) is 0 Å². The number of benzene rings is 2. The van der Waals surface area contributed by atoms with E-state index in [4.69, 9.17) is 17.0 Å². The van der Waals surface area contributed by atoms with E-state index < -0.39 is 21.5 Å². The zero-order valence-corrected chi connectivity index (χ0v) is 30.4. The summed E-state index contributed by atoms with van der Waals surface area (Å²) in [5, 5.41) is 0. The molecule has 2 fully saturated rings. The van der Waals surface area contributed by atoms with Crippen molar-refractivity contribution in [1.29, 1.82) is 0 Å². The van der Waals surface area contributed by atoms with Crippen molar-refractivity contribution in [3.63, 3.8) is 0 Å². The molecule has 0 spiro atoms. The summed E-state index contributed by atoms with van der Waals surface area (Å²) in [6, 6.07) is 14.4. The molecule has 0 amide bonds. The van der Waals surface area contributed by atoms with Gasteiger partial charge in [0.15, 0.2) is 0 Å². The molecule has 0 saturated heterocycles. The molecule has 0 aliphatic heterocycles. The predicted octanol–water partition coefficient (Wildman–Crippen LogP) is 12.2. The minimum absolute atomic E-state index is 0.240. The molecule has 0 N–H and O–H groups in total. The van der Waals surface area contributed by atoms with Gasteiger partial charge in [-0.05, 0) is 0 Å². The van der Waals surface area contributed by atoms with Gasteiger partial charge in [-0.2, -0.15) is 0 Å². The number of rotatable bonds is 7. The van der Waals surface area contributed by atoms with Crippen LogP contribution in [0.25, 0.3) is 12.2 Å². The number of halogens is 2. The normalized spacial score (nSPS) is 24.8. The molecular formula is C36H49Cl2SiZr. The Bertz CT molecular complexity index is 1230. The average Bonchev–Trinajstić information content (AvgIpc) is 3.57.